The summed E-state index contributed by atoms with van der Waals surface area (Å²) in [6.45, 7) is 2.79. The van der Waals surface area contributed by atoms with E-state index < -0.39 is 0 Å². The second-order valence-corrected chi connectivity index (χ2v) is 4.42. The van der Waals surface area contributed by atoms with Crippen molar-refractivity contribution in [1.29, 1.82) is 0 Å². The highest BCUT2D eigenvalue weighted by Gasteiger charge is 2.29. The van der Waals surface area contributed by atoms with Gasteiger partial charge in [0.1, 0.15) is 0 Å². The number of rotatable bonds is 3. The third-order valence-electron chi connectivity index (χ3n) is 3.37. The molecule has 2 fully saturated rings. The fourth-order valence-corrected chi connectivity index (χ4v) is 2.35. The summed E-state index contributed by atoms with van der Waals surface area (Å²) in [5.41, 5.74) is 0. The van der Waals surface area contributed by atoms with E-state index in [2.05, 4.69) is 5.32 Å². The van der Waals surface area contributed by atoms with Crippen LogP contribution < -0.4 is 5.32 Å². The number of imide groups is 1. The standard InChI is InChI=1S/C11H18N2O2/c14-10-1-2-11(15)13(10)8-5-9-3-6-12-7-4-9/h9,12H,1-8H2. The van der Waals surface area contributed by atoms with E-state index >= 15 is 0 Å². The first kappa shape index (κ1) is 10.6. The van der Waals surface area contributed by atoms with Crippen LogP contribution in [0.3, 0.4) is 0 Å². The largest absolute Gasteiger partial charge is 0.317 e. The SMILES string of the molecule is O=C1CCC(=O)N1CCC1CCNCC1. The summed E-state index contributed by atoms with van der Waals surface area (Å²) >= 11 is 0. The molecule has 0 radical (unpaired) electrons. The molecule has 4 nitrogen and oxygen atoms in total. The third-order valence-corrected chi connectivity index (χ3v) is 3.37. The quantitative estimate of drug-likeness (QED) is 0.691. The van der Waals surface area contributed by atoms with Crippen LogP contribution in [0.15, 0.2) is 0 Å². The van der Waals surface area contributed by atoms with Crippen LogP contribution in [-0.2, 0) is 9.59 Å². The van der Waals surface area contributed by atoms with Gasteiger partial charge < -0.3 is 5.32 Å². The molecule has 2 amide bonds. The van der Waals surface area contributed by atoms with Crippen molar-refractivity contribution < 1.29 is 9.59 Å². The molecule has 84 valence electrons. The normalized spacial score (nSPS) is 23.9. The molecule has 0 saturated carbocycles. The summed E-state index contributed by atoms with van der Waals surface area (Å²) in [6.07, 6.45) is 4.18. The zero-order valence-corrected chi connectivity index (χ0v) is 9.00. The Morgan fingerprint density at radius 3 is 2.33 bits per heavy atom. The van der Waals surface area contributed by atoms with Crippen molar-refractivity contribution in [1.82, 2.24) is 10.2 Å². The molecule has 0 aromatic carbocycles. The average Bonchev–Trinajstić information content (AvgIpc) is 2.58. The number of likely N-dealkylation sites (tertiary alicyclic amines) is 1. The van der Waals surface area contributed by atoms with Gasteiger partial charge in [-0.3, -0.25) is 14.5 Å². The molecular formula is C11H18N2O2. The molecular weight excluding hydrogens is 192 g/mol. The van der Waals surface area contributed by atoms with Gasteiger partial charge in [0.05, 0.1) is 0 Å². The highest BCUT2D eigenvalue weighted by Crippen LogP contribution is 2.19. The third kappa shape index (κ3) is 2.56. The fourth-order valence-electron chi connectivity index (χ4n) is 2.35. The van der Waals surface area contributed by atoms with E-state index in [1.165, 1.54) is 17.7 Å². The molecule has 2 heterocycles. The second kappa shape index (κ2) is 4.75. The van der Waals surface area contributed by atoms with Crippen molar-refractivity contribution in [2.24, 2.45) is 5.92 Å². The Balaban J connectivity index is 1.76. The van der Waals surface area contributed by atoms with Gasteiger partial charge in [-0.15, -0.1) is 0 Å². The Bertz CT molecular complexity index is 243. The van der Waals surface area contributed by atoms with Gasteiger partial charge in [0, 0.05) is 19.4 Å². The molecule has 2 aliphatic rings. The zero-order chi connectivity index (χ0) is 10.7. The van der Waals surface area contributed by atoms with Crippen LogP contribution in [0.4, 0.5) is 0 Å². The lowest BCUT2D eigenvalue weighted by molar-refractivity contribution is -0.138. The van der Waals surface area contributed by atoms with E-state index in [1.54, 1.807) is 0 Å². The maximum atomic E-state index is 11.4. The summed E-state index contributed by atoms with van der Waals surface area (Å²) in [6, 6.07) is 0. The molecule has 0 unspecified atom stereocenters. The van der Waals surface area contributed by atoms with E-state index in [0.29, 0.717) is 25.3 Å². The van der Waals surface area contributed by atoms with Crippen LogP contribution >= 0.6 is 0 Å². The monoisotopic (exact) mass is 210 g/mol. The lowest BCUT2D eigenvalue weighted by atomic mass is 9.94. The Morgan fingerprint density at radius 1 is 1.13 bits per heavy atom. The first-order valence-corrected chi connectivity index (χ1v) is 5.81. The summed E-state index contributed by atoms with van der Waals surface area (Å²) in [5.74, 6) is 0.732. The Labute approximate surface area is 90.0 Å². The molecule has 1 N–H and O–H groups in total. The molecule has 4 heteroatoms. The van der Waals surface area contributed by atoms with Crippen molar-refractivity contribution >= 4 is 11.8 Å². The molecule has 0 atom stereocenters. The minimum Gasteiger partial charge on any atom is -0.317 e. The fraction of sp³-hybridized carbons (Fsp3) is 0.818. The van der Waals surface area contributed by atoms with E-state index in [0.717, 1.165) is 19.5 Å². The van der Waals surface area contributed by atoms with E-state index in [1.807, 2.05) is 0 Å². The van der Waals surface area contributed by atoms with Crippen LogP contribution in [0.5, 0.6) is 0 Å². The maximum absolute atomic E-state index is 11.4. The number of hydrogen-bond acceptors (Lipinski definition) is 3. The lowest BCUT2D eigenvalue weighted by Gasteiger charge is -2.24. The van der Waals surface area contributed by atoms with Crippen LogP contribution in [0.2, 0.25) is 0 Å². The summed E-state index contributed by atoms with van der Waals surface area (Å²) in [5, 5.41) is 3.31. The molecule has 2 aliphatic heterocycles. The van der Waals surface area contributed by atoms with Gasteiger partial charge in [-0.05, 0) is 38.3 Å². The molecule has 0 spiro atoms. The van der Waals surface area contributed by atoms with Gasteiger partial charge >= 0.3 is 0 Å². The zero-order valence-electron chi connectivity index (χ0n) is 9.00. The van der Waals surface area contributed by atoms with Gasteiger partial charge in [0.25, 0.3) is 0 Å². The average molecular weight is 210 g/mol. The smallest absolute Gasteiger partial charge is 0.229 e. The van der Waals surface area contributed by atoms with Crippen LogP contribution in [0, 0.1) is 5.92 Å². The molecule has 15 heavy (non-hydrogen) atoms. The number of piperidine rings is 1. The van der Waals surface area contributed by atoms with Crippen molar-refractivity contribution in [3.05, 3.63) is 0 Å². The number of carbonyl (C=O) groups is 2. The predicted octanol–water partition coefficient (Wildman–Crippen LogP) is 0.525. The van der Waals surface area contributed by atoms with Gasteiger partial charge in [-0.1, -0.05) is 0 Å². The molecule has 0 aliphatic carbocycles. The van der Waals surface area contributed by atoms with Crippen LogP contribution in [-0.4, -0.2) is 36.3 Å². The summed E-state index contributed by atoms with van der Waals surface area (Å²) in [7, 11) is 0. The van der Waals surface area contributed by atoms with E-state index in [-0.39, 0.29) is 11.8 Å². The molecule has 0 aromatic rings. The van der Waals surface area contributed by atoms with Gasteiger partial charge in [0.2, 0.25) is 11.8 Å². The highest BCUT2D eigenvalue weighted by atomic mass is 16.2. The first-order valence-electron chi connectivity index (χ1n) is 5.81. The summed E-state index contributed by atoms with van der Waals surface area (Å²) in [4.78, 5) is 24.1. The Kier molecular flexibility index (Phi) is 3.36. The van der Waals surface area contributed by atoms with Gasteiger partial charge in [-0.2, -0.15) is 0 Å². The predicted molar refractivity (Wildman–Crippen MR) is 56.2 cm³/mol. The van der Waals surface area contributed by atoms with Crippen LogP contribution in [0.25, 0.3) is 0 Å². The van der Waals surface area contributed by atoms with Gasteiger partial charge in [-0.25, -0.2) is 0 Å². The highest BCUT2D eigenvalue weighted by molar-refractivity contribution is 6.01. The van der Waals surface area contributed by atoms with Crippen molar-refractivity contribution in [3.8, 4) is 0 Å². The topological polar surface area (TPSA) is 49.4 Å². The first-order chi connectivity index (χ1) is 7.27. The summed E-state index contributed by atoms with van der Waals surface area (Å²) < 4.78 is 0. The number of carbonyl (C=O) groups excluding carboxylic acids is 2. The van der Waals surface area contributed by atoms with Crippen molar-refractivity contribution in [2.75, 3.05) is 19.6 Å². The number of amides is 2. The lowest BCUT2D eigenvalue weighted by Crippen LogP contribution is -2.34. The molecule has 0 bridgehead atoms. The maximum Gasteiger partial charge on any atom is 0.229 e. The van der Waals surface area contributed by atoms with Crippen LogP contribution in [0.1, 0.15) is 32.1 Å². The second-order valence-electron chi connectivity index (χ2n) is 4.42. The molecule has 2 rings (SSSR count). The Hall–Kier alpha value is -0.900. The molecule has 0 aromatic heterocycles. The number of nitrogens with zero attached hydrogens (tertiary/aromatic N) is 1. The van der Waals surface area contributed by atoms with E-state index in [4.69, 9.17) is 0 Å². The van der Waals surface area contributed by atoms with Gasteiger partial charge in [0.15, 0.2) is 0 Å². The molecule has 2 saturated heterocycles. The Morgan fingerprint density at radius 2 is 1.73 bits per heavy atom. The number of nitrogens with one attached hydrogen (secondary N) is 1. The van der Waals surface area contributed by atoms with Crippen molar-refractivity contribution in [3.63, 3.8) is 0 Å². The van der Waals surface area contributed by atoms with E-state index in [9.17, 15) is 9.59 Å². The minimum absolute atomic E-state index is 0.0222. The number of hydrogen-bond donors (Lipinski definition) is 1. The minimum atomic E-state index is 0.0222. The van der Waals surface area contributed by atoms with Crippen molar-refractivity contribution in [2.45, 2.75) is 32.1 Å².